The van der Waals surface area contributed by atoms with Gasteiger partial charge in [0, 0.05) is 11.0 Å². The number of hydrogen-bond acceptors (Lipinski definition) is 1. The van der Waals surface area contributed by atoms with Crippen LogP contribution >= 0.6 is 15.9 Å². The molecule has 0 aliphatic rings. The molecule has 1 N–H and O–H groups in total. The van der Waals surface area contributed by atoms with Gasteiger partial charge in [-0.05, 0) is 23.6 Å². The molecule has 2 heteroatoms. The quantitative estimate of drug-likeness (QED) is 0.851. The Morgan fingerprint density at radius 1 is 1.11 bits per heavy atom. The molecule has 1 atom stereocenters. The molecule has 0 radical (unpaired) electrons. The average Bonchev–Trinajstić information content (AvgIpc) is 2.42. The Balaban J connectivity index is 2.35. The molecule has 0 aromatic heterocycles. The van der Waals surface area contributed by atoms with Crippen molar-refractivity contribution >= 4 is 15.9 Å². The van der Waals surface area contributed by atoms with Gasteiger partial charge in [0.1, 0.15) is 0 Å². The minimum atomic E-state index is 0.191. The molecule has 0 saturated heterocycles. The maximum Gasteiger partial charge on any atom is 0.0582 e. The maximum atomic E-state index is 3.89. The molecule has 0 fully saturated rings. The third-order valence-corrected chi connectivity index (χ3v) is 3.41. The van der Waals surface area contributed by atoms with Gasteiger partial charge in [-0.2, -0.15) is 0 Å². The summed E-state index contributed by atoms with van der Waals surface area (Å²) in [5.41, 5.74) is 3.87. The third-order valence-electron chi connectivity index (χ3n) is 3.13. The topological polar surface area (TPSA) is 12.0 Å². The predicted octanol–water partition coefficient (Wildman–Crippen LogP) is 4.58. The lowest BCUT2D eigenvalue weighted by Gasteiger charge is -2.21. The summed E-state index contributed by atoms with van der Waals surface area (Å²) >= 11 is 3.41. The molecule has 1 unspecified atom stereocenters. The fourth-order valence-electron chi connectivity index (χ4n) is 2.18. The molecule has 2 aromatic rings. The average molecular weight is 316 g/mol. The third kappa shape index (κ3) is 3.79. The van der Waals surface area contributed by atoms with Gasteiger partial charge in [-0.3, -0.25) is 0 Å². The van der Waals surface area contributed by atoms with Crippen molar-refractivity contribution in [2.24, 2.45) is 0 Å². The second-order valence-corrected chi connectivity index (χ2v) is 5.72. The molecule has 98 valence electrons. The van der Waals surface area contributed by atoms with E-state index in [1.165, 1.54) is 16.7 Å². The zero-order chi connectivity index (χ0) is 13.7. The van der Waals surface area contributed by atoms with Crippen LogP contribution in [0.15, 0.2) is 65.7 Å². The van der Waals surface area contributed by atoms with Gasteiger partial charge in [0.05, 0.1) is 6.04 Å². The van der Waals surface area contributed by atoms with E-state index >= 15 is 0 Å². The van der Waals surface area contributed by atoms with Crippen molar-refractivity contribution in [1.82, 2.24) is 5.32 Å². The van der Waals surface area contributed by atoms with E-state index < -0.39 is 0 Å². The van der Waals surface area contributed by atoms with Crippen molar-refractivity contribution in [3.8, 4) is 0 Å². The summed E-state index contributed by atoms with van der Waals surface area (Å²) in [6, 6.07) is 19.2. The Morgan fingerprint density at radius 2 is 1.74 bits per heavy atom. The number of rotatable bonds is 5. The highest BCUT2D eigenvalue weighted by molar-refractivity contribution is 9.11. The Morgan fingerprint density at radius 3 is 2.37 bits per heavy atom. The zero-order valence-corrected chi connectivity index (χ0v) is 12.7. The molecular formula is C17H18BrN. The van der Waals surface area contributed by atoms with Gasteiger partial charge in [-0.25, -0.2) is 0 Å². The van der Waals surface area contributed by atoms with Crippen LogP contribution in [0.4, 0.5) is 0 Å². The van der Waals surface area contributed by atoms with Crippen LogP contribution in [0, 0.1) is 6.92 Å². The van der Waals surface area contributed by atoms with Crippen LogP contribution in [0.25, 0.3) is 0 Å². The zero-order valence-electron chi connectivity index (χ0n) is 11.1. The molecule has 0 saturated carbocycles. The molecule has 0 spiro atoms. The van der Waals surface area contributed by atoms with Gasteiger partial charge in [-0.1, -0.05) is 77.1 Å². The van der Waals surface area contributed by atoms with E-state index in [1.54, 1.807) is 0 Å². The summed E-state index contributed by atoms with van der Waals surface area (Å²) in [7, 11) is 0. The second kappa shape index (κ2) is 6.69. The van der Waals surface area contributed by atoms with Crippen molar-refractivity contribution in [2.45, 2.75) is 13.0 Å². The summed E-state index contributed by atoms with van der Waals surface area (Å²) in [5.74, 6) is 0. The lowest BCUT2D eigenvalue weighted by atomic mass is 9.95. The monoisotopic (exact) mass is 315 g/mol. The molecule has 2 rings (SSSR count). The smallest absolute Gasteiger partial charge is 0.0582 e. The van der Waals surface area contributed by atoms with Crippen LogP contribution in [0.3, 0.4) is 0 Å². The number of benzene rings is 2. The molecule has 19 heavy (non-hydrogen) atoms. The van der Waals surface area contributed by atoms with Gasteiger partial charge >= 0.3 is 0 Å². The van der Waals surface area contributed by atoms with Crippen LogP contribution in [0.5, 0.6) is 0 Å². The molecule has 0 aliphatic heterocycles. The first-order chi connectivity index (χ1) is 9.18. The van der Waals surface area contributed by atoms with Gasteiger partial charge in [-0.15, -0.1) is 0 Å². The first-order valence-electron chi connectivity index (χ1n) is 6.35. The van der Waals surface area contributed by atoms with Crippen molar-refractivity contribution < 1.29 is 0 Å². The fraction of sp³-hybridized carbons (Fsp3) is 0.176. The Kier molecular flexibility index (Phi) is 4.94. The van der Waals surface area contributed by atoms with E-state index in [0.29, 0.717) is 0 Å². The molecule has 2 aromatic carbocycles. The highest BCUT2D eigenvalue weighted by Gasteiger charge is 2.14. The van der Waals surface area contributed by atoms with E-state index in [2.05, 4.69) is 83.3 Å². The van der Waals surface area contributed by atoms with Gasteiger partial charge in [0.2, 0.25) is 0 Å². The van der Waals surface area contributed by atoms with Crippen molar-refractivity contribution in [1.29, 1.82) is 0 Å². The normalized spacial score (nSPS) is 12.1. The van der Waals surface area contributed by atoms with Crippen LogP contribution in [0.2, 0.25) is 0 Å². The molecule has 0 heterocycles. The van der Waals surface area contributed by atoms with Crippen molar-refractivity contribution in [2.75, 3.05) is 6.54 Å². The molecule has 1 nitrogen and oxygen atoms in total. The summed E-state index contributed by atoms with van der Waals surface area (Å²) in [6.45, 7) is 6.78. The first kappa shape index (κ1) is 14.0. The minimum Gasteiger partial charge on any atom is -0.302 e. The fourth-order valence-corrected chi connectivity index (χ4v) is 2.34. The lowest BCUT2D eigenvalue weighted by Crippen LogP contribution is -2.24. The lowest BCUT2D eigenvalue weighted by molar-refractivity contribution is 0.647. The van der Waals surface area contributed by atoms with Crippen molar-refractivity contribution in [3.05, 3.63) is 82.3 Å². The summed E-state index contributed by atoms with van der Waals surface area (Å²) < 4.78 is 0.960. The Bertz CT molecular complexity index is 548. The summed E-state index contributed by atoms with van der Waals surface area (Å²) in [4.78, 5) is 0. The highest BCUT2D eigenvalue weighted by atomic mass is 79.9. The molecular weight excluding hydrogens is 298 g/mol. The van der Waals surface area contributed by atoms with E-state index in [-0.39, 0.29) is 6.04 Å². The standard InChI is InChI=1S/C17H18BrN/c1-13-8-6-7-11-16(13)17(19-12-14(2)18)15-9-4-3-5-10-15/h3-11,17,19H,2,12H2,1H3. The summed E-state index contributed by atoms with van der Waals surface area (Å²) in [5, 5.41) is 3.55. The Hall–Kier alpha value is -1.38. The summed E-state index contributed by atoms with van der Waals surface area (Å²) in [6.07, 6.45) is 0. The number of hydrogen-bond donors (Lipinski definition) is 1. The SMILES string of the molecule is C=C(Br)CNC(c1ccccc1)c1ccccc1C. The molecule has 0 bridgehead atoms. The maximum absolute atomic E-state index is 3.89. The number of aryl methyl sites for hydroxylation is 1. The Labute approximate surface area is 123 Å². The van der Waals surface area contributed by atoms with Crippen molar-refractivity contribution in [3.63, 3.8) is 0 Å². The van der Waals surface area contributed by atoms with Gasteiger partial charge in [0.25, 0.3) is 0 Å². The van der Waals surface area contributed by atoms with E-state index in [9.17, 15) is 0 Å². The number of nitrogens with one attached hydrogen (secondary N) is 1. The largest absolute Gasteiger partial charge is 0.302 e. The number of halogens is 1. The van der Waals surface area contributed by atoms with Gasteiger partial charge < -0.3 is 5.32 Å². The van der Waals surface area contributed by atoms with E-state index in [1.807, 2.05) is 6.07 Å². The molecule has 0 aliphatic carbocycles. The first-order valence-corrected chi connectivity index (χ1v) is 7.15. The van der Waals surface area contributed by atoms with Crippen LogP contribution < -0.4 is 5.32 Å². The van der Waals surface area contributed by atoms with Crippen LogP contribution in [0.1, 0.15) is 22.7 Å². The van der Waals surface area contributed by atoms with E-state index in [0.717, 1.165) is 11.0 Å². The van der Waals surface area contributed by atoms with E-state index in [4.69, 9.17) is 0 Å². The van der Waals surface area contributed by atoms with Crippen LogP contribution in [-0.2, 0) is 0 Å². The predicted molar refractivity (Wildman–Crippen MR) is 85.5 cm³/mol. The minimum absolute atomic E-state index is 0.191. The second-order valence-electron chi connectivity index (χ2n) is 4.60. The van der Waals surface area contributed by atoms with Crippen LogP contribution in [-0.4, -0.2) is 6.54 Å². The highest BCUT2D eigenvalue weighted by Crippen LogP contribution is 2.25. The van der Waals surface area contributed by atoms with Gasteiger partial charge in [0.15, 0.2) is 0 Å². The molecule has 0 amide bonds.